The average molecular weight is 154 g/mol. The minimum atomic E-state index is 0.474. The molecule has 4 radical (unpaired) electrons. The first-order chi connectivity index (χ1) is 4.55. The van der Waals surface area contributed by atoms with E-state index in [0.29, 0.717) is 16.3 Å². The maximum atomic E-state index is 5.76. The van der Waals surface area contributed by atoms with Crippen molar-refractivity contribution in [2.45, 2.75) is 6.92 Å². The second-order valence-corrected chi connectivity index (χ2v) is 2.62. The van der Waals surface area contributed by atoms with E-state index in [2.05, 4.69) is 0 Å². The standard InChI is InChI=1S/C8H8ClN/c1-5-6(2)8(9)10(4)7(5)3/h1-2H,3-4H3. The molecule has 1 heterocycles. The zero-order valence-electron chi connectivity index (χ0n) is 5.98. The van der Waals surface area contributed by atoms with Gasteiger partial charge >= 0.3 is 0 Å². The maximum Gasteiger partial charge on any atom is 0.112 e. The smallest absolute Gasteiger partial charge is 0.112 e. The summed E-state index contributed by atoms with van der Waals surface area (Å²) in [5.41, 5.74) is 1.96. The van der Waals surface area contributed by atoms with Crippen molar-refractivity contribution in [2.24, 2.45) is 7.05 Å². The van der Waals surface area contributed by atoms with E-state index in [-0.39, 0.29) is 0 Å². The van der Waals surface area contributed by atoms with Crippen LogP contribution < -0.4 is 0 Å². The molecule has 0 saturated carbocycles. The summed E-state index contributed by atoms with van der Waals surface area (Å²) in [7, 11) is 1.82. The van der Waals surface area contributed by atoms with Crippen LogP contribution in [0, 0.1) is 20.8 Å². The van der Waals surface area contributed by atoms with Crippen LogP contribution in [-0.2, 0) is 7.05 Å². The van der Waals surface area contributed by atoms with Gasteiger partial charge in [0.25, 0.3) is 0 Å². The second-order valence-electron chi connectivity index (χ2n) is 2.26. The third kappa shape index (κ3) is 0.853. The lowest BCUT2D eigenvalue weighted by atomic mass is 10.2. The highest BCUT2D eigenvalue weighted by molar-refractivity contribution is 6.30. The quantitative estimate of drug-likeness (QED) is 0.538. The molecule has 0 aliphatic heterocycles. The minimum Gasteiger partial charge on any atom is -0.339 e. The monoisotopic (exact) mass is 153 g/mol. The molecule has 0 aromatic carbocycles. The van der Waals surface area contributed by atoms with Crippen LogP contribution in [0.25, 0.3) is 0 Å². The van der Waals surface area contributed by atoms with Gasteiger partial charge in [-0.2, -0.15) is 0 Å². The van der Waals surface area contributed by atoms with Crippen LogP contribution in [0.3, 0.4) is 0 Å². The van der Waals surface area contributed by atoms with Crippen molar-refractivity contribution in [3.63, 3.8) is 0 Å². The Kier molecular flexibility index (Phi) is 1.78. The van der Waals surface area contributed by atoms with Crippen molar-refractivity contribution < 1.29 is 0 Å². The fourth-order valence-electron chi connectivity index (χ4n) is 0.815. The molecule has 0 amide bonds. The molecule has 52 valence electrons. The highest BCUT2D eigenvalue weighted by atomic mass is 35.5. The van der Waals surface area contributed by atoms with E-state index in [1.165, 1.54) is 0 Å². The van der Waals surface area contributed by atoms with Crippen LogP contribution in [0.2, 0.25) is 5.15 Å². The highest BCUT2D eigenvalue weighted by Crippen LogP contribution is 2.23. The first kappa shape index (κ1) is 7.67. The van der Waals surface area contributed by atoms with Crippen molar-refractivity contribution >= 4 is 11.6 Å². The van der Waals surface area contributed by atoms with Crippen molar-refractivity contribution in [3.05, 3.63) is 35.8 Å². The van der Waals surface area contributed by atoms with E-state index in [1.54, 1.807) is 4.57 Å². The van der Waals surface area contributed by atoms with E-state index in [4.69, 9.17) is 25.4 Å². The molecule has 0 bridgehead atoms. The molecule has 1 nitrogen and oxygen atoms in total. The summed E-state index contributed by atoms with van der Waals surface area (Å²) in [5.74, 6) is 0. The van der Waals surface area contributed by atoms with E-state index >= 15 is 0 Å². The Hall–Kier alpha value is -0.430. The van der Waals surface area contributed by atoms with Gasteiger partial charge in [0.1, 0.15) is 5.15 Å². The Morgan fingerprint density at radius 2 is 1.80 bits per heavy atom. The van der Waals surface area contributed by atoms with Crippen LogP contribution in [-0.4, -0.2) is 4.57 Å². The molecule has 0 atom stereocenters. The molecule has 0 aliphatic carbocycles. The lowest BCUT2D eigenvalue weighted by Crippen LogP contribution is -1.89. The lowest BCUT2D eigenvalue weighted by molar-refractivity contribution is 0.880. The molecule has 0 saturated heterocycles. The van der Waals surface area contributed by atoms with Gasteiger partial charge < -0.3 is 4.57 Å². The molecular weight excluding hydrogens is 146 g/mol. The fourth-order valence-corrected chi connectivity index (χ4v) is 1.04. The lowest BCUT2D eigenvalue weighted by Gasteiger charge is -1.96. The molecule has 0 fully saturated rings. The predicted molar refractivity (Wildman–Crippen MR) is 42.0 cm³/mol. The summed E-state index contributed by atoms with van der Waals surface area (Å²) in [6.45, 7) is 13.0. The van der Waals surface area contributed by atoms with Crippen LogP contribution in [0.15, 0.2) is 0 Å². The molecule has 0 unspecified atom stereocenters. The number of nitrogens with zero attached hydrogens (tertiary/aromatic N) is 1. The van der Waals surface area contributed by atoms with Crippen LogP contribution in [0.5, 0.6) is 0 Å². The molecule has 0 aliphatic rings. The topological polar surface area (TPSA) is 4.93 Å². The van der Waals surface area contributed by atoms with Crippen LogP contribution in [0.4, 0.5) is 0 Å². The Balaban J connectivity index is 3.44. The predicted octanol–water partition coefficient (Wildman–Crippen LogP) is 2.11. The van der Waals surface area contributed by atoms with Crippen LogP contribution in [0.1, 0.15) is 16.8 Å². The molecule has 1 aromatic rings. The van der Waals surface area contributed by atoms with E-state index in [9.17, 15) is 0 Å². The Bertz CT molecular complexity index is 180. The van der Waals surface area contributed by atoms with Gasteiger partial charge in [0.05, 0.1) is 0 Å². The van der Waals surface area contributed by atoms with Crippen LogP contribution >= 0.6 is 11.6 Å². The van der Waals surface area contributed by atoms with E-state index < -0.39 is 0 Å². The summed E-state index contributed by atoms with van der Waals surface area (Å²) in [6.07, 6.45) is 0. The molecule has 0 spiro atoms. The summed E-state index contributed by atoms with van der Waals surface area (Å²) < 4.78 is 1.76. The molecular formula is C8H8ClN. The summed E-state index contributed by atoms with van der Waals surface area (Å²) in [6, 6.07) is 0. The first-order valence-electron chi connectivity index (χ1n) is 2.91. The summed E-state index contributed by atoms with van der Waals surface area (Å²) in [5, 5.41) is 0.509. The summed E-state index contributed by atoms with van der Waals surface area (Å²) >= 11 is 5.76. The van der Waals surface area contributed by atoms with Crippen molar-refractivity contribution in [1.29, 1.82) is 0 Å². The SMILES string of the molecule is [CH]c1c([CH])c(Cl)n(C)c1C. The molecule has 2 heteroatoms. The number of hydrogen-bond donors (Lipinski definition) is 0. The zero-order valence-corrected chi connectivity index (χ0v) is 6.74. The third-order valence-electron chi connectivity index (χ3n) is 1.70. The van der Waals surface area contributed by atoms with E-state index in [0.717, 1.165) is 5.69 Å². The maximum absolute atomic E-state index is 5.76. The Labute approximate surface area is 66.6 Å². The normalized spacial score (nSPS) is 10.5. The van der Waals surface area contributed by atoms with Gasteiger partial charge in [0.2, 0.25) is 0 Å². The highest BCUT2D eigenvalue weighted by Gasteiger charge is 2.08. The fraction of sp³-hybridized carbons (Fsp3) is 0.250. The molecule has 10 heavy (non-hydrogen) atoms. The van der Waals surface area contributed by atoms with Crippen molar-refractivity contribution in [1.82, 2.24) is 4.57 Å². The van der Waals surface area contributed by atoms with Gasteiger partial charge in [0, 0.05) is 26.6 Å². The molecule has 1 rings (SSSR count). The largest absolute Gasteiger partial charge is 0.339 e. The van der Waals surface area contributed by atoms with Gasteiger partial charge in [0.15, 0.2) is 0 Å². The second kappa shape index (κ2) is 2.31. The molecule has 1 aromatic heterocycles. The summed E-state index contributed by atoms with van der Waals surface area (Å²) in [4.78, 5) is 0. The average Bonchev–Trinajstić information content (AvgIpc) is 2.07. The van der Waals surface area contributed by atoms with Crippen molar-refractivity contribution in [3.8, 4) is 0 Å². The Morgan fingerprint density at radius 3 is 1.90 bits per heavy atom. The number of hydrogen-bond acceptors (Lipinski definition) is 0. The number of halogens is 1. The van der Waals surface area contributed by atoms with Crippen molar-refractivity contribution in [2.75, 3.05) is 0 Å². The zero-order chi connectivity index (χ0) is 7.89. The van der Waals surface area contributed by atoms with Gasteiger partial charge in [-0.1, -0.05) is 11.6 Å². The van der Waals surface area contributed by atoms with Gasteiger partial charge in [-0.25, -0.2) is 0 Å². The van der Waals surface area contributed by atoms with Gasteiger partial charge in [-0.05, 0) is 18.1 Å². The Morgan fingerprint density at radius 1 is 1.30 bits per heavy atom. The molecule has 0 N–H and O–H groups in total. The minimum absolute atomic E-state index is 0.474. The third-order valence-corrected chi connectivity index (χ3v) is 2.16. The number of rotatable bonds is 0. The number of aromatic nitrogens is 1. The van der Waals surface area contributed by atoms with E-state index in [1.807, 2.05) is 14.0 Å². The van der Waals surface area contributed by atoms with Gasteiger partial charge in [-0.3, -0.25) is 0 Å². The van der Waals surface area contributed by atoms with Gasteiger partial charge in [-0.15, -0.1) is 0 Å². The first-order valence-corrected chi connectivity index (χ1v) is 3.29.